The van der Waals surface area contributed by atoms with Gasteiger partial charge in [0.15, 0.2) is 11.4 Å². The number of nitrogens with zero attached hydrogens (tertiary/aromatic N) is 3. The van der Waals surface area contributed by atoms with E-state index in [2.05, 4.69) is 20.7 Å². The predicted molar refractivity (Wildman–Crippen MR) is 126 cm³/mol. The zero-order valence-electron chi connectivity index (χ0n) is 17.7. The van der Waals surface area contributed by atoms with Crippen molar-refractivity contribution in [3.8, 4) is 11.5 Å². The van der Waals surface area contributed by atoms with Gasteiger partial charge in [0.05, 0.1) is 6.20 Å². The number of hydrogen-bond donors (Lipinski definition) is 2. The van der Waals surface area contributed by atoms with Crippen LogP contribution in [0.2, 0.25) is 5.02 Å². The Morgan fingerprint density at radius 1 is 1.09 bits per heavy atom. The third-order valence-electron chi connectivity index (χ3n) is 4.71. The zero-order valence-corrected chi connectivity index (χ0v) is 18.4. The fraction of sp³-hybridized carbons (Fsp3) is 0.0833. The Morgan fingerprint density at radius 3 is 2.67 bits per heavy atom. The average Bonchev–Trinajstić information content (AvgIpc) is 2.84. The molecule has 2 aromatic carbocycles. The molecule has 4 rings (SSSR count). The SMILES string of the molecule is Cn1ncc(Oc2ccc(Cl)cc2)c(Nc2cccc(C(=O)NCc3cccnc3)c2)c1=O. The van der Waals surface area contributed by atoms with Gasteiger partial charge in [-0.05, 0) is 54.1 Å². The molecule has 0 unspecified atom stereocenters. The molecule has 0 saturated heterocycles. The molecule has 0 saturated carbocycles. The van der Waals surface area contributed by atoms with Gasteiger partial charge in [0.2, 0.25) is 0 Å². The van der Waals surface area contributed by atoms with Crippen molar-refractivity contribution in [2.75, 3.05) is 5.32 Å². The lowest BCUT2D eigenvalue weighted by atomic mass is 10.1. The van der Waals surface area contributed by atoms with E-state index in [4.69, 9.17) is 16.3 Å². The predicted octanol–water partition coefficient (Wildman–Crippen LogP) is 4.29. The maximum atomic E-state index is 12.8. The monoisotopic (exact) mass is 461 g/mol. The molecule has 0 fully saturated rings. The van der Waals surface area contributed by atoms with Gasteiger partial charge in [-0.1, -0.05) is 23.7 Å². The first kappa shape index (κ1) is 22.0. The van der Waals surface area contributed by atoms with Crippen LogP contribution in [0.3, 0.4) is 0 Å². The van der Waals surface area contributed by atoms with Crippen LogP contribution in [0.15, 0.2) is 84.0 Å². The Hall–Kier alpha value is -4.17. The van der Waals surface area contributed by atoms with Gasteiger partial charge in [0, 0.05) is 42.3 Å². The molecule has 0 radical (unpaired) electrons. The van der Waals surface area contributed by atoms with E-state index < -0.39 is 0 Å². The minimum Gasteiger partial charge on any atom is -0.453 e. The molecule has 1 amide bonds. The number of aryl methyl sites for hydroxylation is 1. The number of nitrogens with one attached hydrogen (secondary N) is 2. The average molecular weight is 462 g/mol. The van der Waals surface area contributed by atoms with Crippen molar-refractivity contribution in [3.63, 3.8) is 0 Å². The molecule has 0 aliphatic heterocycles. The fourth-order valence-electron chi connectivity index (χ4n) is 3.01. The lowest BCUT2D eigenvalue weighted by Crippen LogP contribution is -2.23. The maximum absolute atomic E-state index is 12.8. The van der Waals surface area contributed by atoms with E-state index in [1.165, 1.54) is 10.9 Å². The zero-order chi connectivity index (χ0) is 23.2. The Bertz CT molecular complexity index is 1320. The van der Waals surface area contributed by atoms with Crippen molar-refractivity contribution in [1.29, 1.82) is 0 Å². The van der Waals surface area contributed by atoms with E-state index in [-0.39, 0.29) is 22.9 Å². The summed E-state index contributed by atoms with van der Waals surface area (Å²) < 4.78 is 7.05. The normalized spacial score (nSPS) is 10.5. The summed E-state index contributed by atoms with van der Waals surface area (Å²) in [5.74, 6) is 0.496. The van der Waals surface area contributed by atoms with Crippen LogP contribution in [0.4, 0.5) is 11.4 Å². The molecule has 0 aliphatic carbocycles. The Kier molecular flexibility index (Phi) is 6.66. The Balaban J connectivity index is 1.55. The van der Waals surface area contributed by atoms with E-state index in [0.717, 1.165) is 5.56 Å². The summed E-state index contributed by atoms with van der Waals surface area (Å²) >= 11 is 5.93. The van der Waals surface area contributed by atoms with E-state index >= 15 is 0 Å². The number of aromatic nitrogens is 3. The van der Waals surface area contributed by atoms with Crippen molar-refractivity contribution >= 4 is 28.9 Å². The van der Waals surface area contributed by atoms with Crippen LogP contribution >= 0.6 is 11.6 Å². The summed E-state index contributed by atoms with van der Waals surface area (Å²) in [6.45, 7) is 0.355. The number of halogens is 1. The molecule has 0 atom stereocenters. The first-order valence-corrected chi connectivity index (χ1v) is 10.4. The van der Waals surface area contributed by atoms with E-state index in [0.29, 0.717) is 28.6 Å². The van der Waals surface area contributed by atoms with Crippen molar-refractivity contribution < 1.29 is 9.53 Å². The molecule has 8 nitrogen and oxygen atoms in total. The Morgan fingerprint density at radius 2 is 1.91 bits per heavy atom. The summed E-state index contributed by atoms with van der Waals surface area (Å²) in [6.07, 6.45) is 4.82. The number of anilines is 2. The third-order valence-corrected chi connectivity index (χ3v) is 4.97. The molecular weight excluding hydrogens is 442 g/mol. The lowest BCUT2D eigenvalue weighted by Gasteiger charge is -2.14. The van der Waals surface area contributed by atoms with Gasteiger partial charge < -0.3 is 15.4 Å². The summed E-state index contributed by atoms with van der Waals surface area (Å²) in [5.41, 5.74) is 1.69. The van der Waals surface area contributed by atoms with E-state index in [9.17, 15) is 9.59 Å². The van der Waals surface area contributed by atoms with Gasteiger partial charge in [-0.3, -0.25) is 14.6 Å². The standard InChI is InChI=1S/C24H20ClN5O3/c1-30-24(32)22(21(15-28-30)33-20-9-7-18(25)8-10-20)29-19-6-2-5-17(12-19)23(31)27-14-16-4-3-11-26-13-16/h2-13,15,29H,14H2,1H3,(H,27,31). The van der Waals surface area contributed by atoms with Crippen LogP contribution in [-0.4, -0.2) is 20.7 Å². The lowest BCUT2D eigenvalue weighted by molar-refractivity contribution is 0.0951. The molecule has 4 aromatic rings. The Labute approximate surface area is 194 Å². The van der Waals surface area contributed by atoms with Crippen molar-refractivity contribution in [2.24, 2.45) is 7.05 Å². The highest BCUT2D eigenvalue weighted by atomic mass is 35.5. The second-order valence-electron chi connectivity index (χ2n) is 7.12. The maximum Gasteiger partial charge on any atom is 0.294 e. The first-order valence-electron chi connectivity index (χ1n) is 10.0. The number of rotatable bonds is 7. The van der Waals surface area contributed by atoms with Gasteiger partial charge in [-0.2, -0.15) is 5.10 Å². The summed E-state index contributed by atoms with van der Waals surface area (Å²) in [4.78, 5) is 29.4. The number of pyridine rings is 1. The molecule has 2 N–H and O–H groups in total. The molecule has 0 bridgehead atoms. The number of amides is 1. The fourth-order valence-corrected chi connectivity index (χ4v) is 3.14. The molecule has 0 spiro atoms. The van der Waals surface area contributed by atoms with Crippen molar-refractivity contribution in [2.45, 2.75) is 6.54 Å². The summed E-state index contributed by atoms with van der Waals surface area (Å²) in [7, 11) is 1.54. The highest BCUT2D eigenvalue weighted by Gasteiger charge is 2.14. The second kappa shape index (κ2) is 9.97. The first-order chi connectivity index (χ1) is 16.0. The summed E-state index contributed by atoms with van der Waals surface area (Å²) in [6, 6.07) is 17.3. The van der Waals surface area contributed by atoms with Crippen LogP contribution in [-0.2, 0) is 13.6 Å². The van der Waals surface area contributed by atoms with Crippen LogP contribution in [0.5, 0.6) is 11.5 Å². The molecular formula is C24H20ClN5O3. The highest BCUT2D eigenvalue weighted by molar-refractivity contribution is 6.30. The van der Waals surface area contributed by atoms with Gasteiger partial charge in [0.25, 0.3) is 11.5 Å². The van der Waals surface area contributed by atoms with E-state index in [1.807, 2.05) is 12.1 Å². The molecule has 2 heterocycles. The minimum absolute atomic E-state index is 0.190. The molecule has 2 aromatic heterocycles. The van der Waals surface area contributed by atoms with E-state index in [1.54, 1.807) is 68.0 Å². The molecule has 9 heteroatoms. The van der Waals surface area contributed by atoms with Crippen molar-refractivity contribution in [3.05, 3.63) is 106 Å². The molecule has 166 valence electrons. The largest absolute Gasteiger partial charge is 0.453 e. The number of carbonyl (C=O) groups is 1. The van der Waals surface area contributed by atoms with Crippen molar-refractivity contribution in [1.82, 2.24) is 20.1 Å². The quantitative estimate of drug-likeness (QED) is 0.426. The number of hydrogen-bond acceptors (Lipinski definition) is 6. The summed E-state index contributed by atoms with van der Waals surface area (Å²) in [5, 5.41) is 10.5. The van der Waals surface area contributed by atoms with Gasteiger partial charge >= 0.3 is 0 Å². The van der Waals surface area contributed by atoms with Gasteiger partial charge in [-0.15, -0.1) is 0 Å². The minimum atomic E-state index is -0.382. The number of ether oxygens (including phenoxy) is 1. The highest BCUT2D eigenvalue weighted by Crippen LogP contribution is 2.29. The van der Waals surface area contributed by atoms with Crippen LogP contribution in [0.25, 0.3) is 0 Å². The van der Waals surface area contributed by atoms with Gasteiger partial charge in [-0.25, -0.2) is 4.68 Å². The smallest absolute Gasteiger partial charge is 0.294 e. The van der Waals surface area contributed by atoms with Crippen LogP contribution in [0, 0.1) is 0 Å². The number of carbonyl (C=O) groups excluding carboxylic acids is 1. The van der Waals surface area contributed by atoms with Crippen LogP contribution in [0.1, 0.15) is 15.9 Å². The topological polar surface area (TPSA) is 98.1 Å². The molecule has 0 aliphatic rings. The van der Waals surface area contributed by atoms with Crippen LogP contribution < -0.4 is 20.9 Å². The third kappa shape index (κ3) is 5.55. The second-order valence-corrected chi connectivity index (χ2v) is 7.55. The van der Waals surface area contributed by atoms with Gasteiger partial charge in [0.1, 0.15) is 5.75 Å². The number of benzene rings is 2. The molecule has 33 heavy (non-hydrogen) atoms.